The fourth-order valence-electron chi connectivity index (χ4n) is 2.20. The number of esters is 1. The predicted molar refractivity (Wildman–Crippen MR) is 130 cm³/mol. The maximum Gasteiger partial charge on any atom is 0.362 e. The molecule has 0 aromatic rings. The van der Waals surface area contributed by atoms with Gasteiger partial charge in [0.15, 0.2) is 31.3 Å². The molecular weight excluding hydrogens is 437 g/mol. The third-order valence-corrected chi connectivity index (χ3v) is 35.1. The van der Waals surface area contributed by atoms with E-state index in [2.05, 4.69) is 79.3 Å². The van der Waals surface area contributed by atoms with Gasteiger partial charge in [-0.05, 0) is 64.0 Å². The van der Waals surface area contributed by atoms with Crippen molar-refractivity contribution in [2.75, 3.05) is 6.79 Å². The molecule has 0 aliphatic carbocycles. The molecule has 1 radical (unpaired) electrons. The largest absolute Gasteiger partial charge is 0.436 e. The zero-order valence-electron chi connectivity index (χ0n) is 20.2. The molecule has 0 aliphatic heterocycles. The van der Waals surface area contributed by atoms with Gasteiger partial charge < -0.3 is 17.4 Å². The topological polar surface area (TPSA) is 54.0 Å². The summed E-state index contributed by atoms with van der Waals surface area (Å²) in [5, 5.41) is 0.376. The van der Waals surface area contributed by atoms with Gasteiger partial charge in [-0.15, -0.1) is 0 Å². The van der Waals surface area contributed by atoms with Gasteiger partial charge in [-0.1, -0.05) is 33.5 Å². The van der Waals surface area contributed by atoms with Gasteiger partial charge in [0.25, 0.3) is 0 Å². The molecule has 165 valence electrons. The lowest BCUT2D eigenvalue weighted by Gasteiger charge is -2.45. The average Bonchev–Trinajstić information content (AvgIpc) is 2.51. The number of hydrogen-bond donors (Lipinski definition) is 0. The molecule has 0 heterocycles. The second-order valence-corrected chi connectivity index (χ2v) is 37.4. The second kappa shape index (κ2) is 10.5. The molecule has 0 bridgehead atoms. The molecular formula is C18H43O5Si5. The summed E-state index contributed by atoms with van der Waals surface area (Å²) in [6.07, 6.45) is 0. The molecule has 0 aromatic carbocycles. The maximum absolute atomic E-state index is 11.7. The van der Waals surface area contributed by atoms with Crippen molar-refractivity contribution < 1.29 is 22.2 Å². The van der Waals surface area contributed by atoms with Gasteiger partial charge in [-0.25, -0.2) is 4.79 Å². The normalized spacial score (nSPS) is 14.9. The maximum atomic E-state index is 11.7. The number of carbonyl (C=O) groups is 1. The molecule has 1 atom stereocenters. The van der Waals surface area contributed by atoms with Crippen LogP contribution < -0.4 is 0 Å². The van der Waals surface area contributed by atoms with Gasteiger partial charge in [-0.3, -0.25) is 0 Å². The standard InChI is InChI=1S/C18H43O5Si5/c1-14-26(8,9)23-24(22-25(5,6)7)17(4)27(10,11)28(12,13)21-15-20-18(19)16(2)3/h17H,2,14-15H2,1,3-13H3. The Morgan fingerprint density at radius 1 is 1.00 bits per heavy atom. The molecule has 0 amide bonds. The summed E-state index contributed by atoms with van der Waals surface area (Å²) in [4.78, 5) is 11.7. The number of rotatable bonds is 12. The van der Waals surface area contributed by atoms with Crippen LogP contribution in [0.3, 0.4) is 0 Å². The van der Waals surface area contributed by atoms with Crippen LogP contribution in [0.1, 0.15) is 20.8 Å². The Morgan fingerprint density at radius 2 is 1.50 bits per heavy atom. The van der Waals surface area contributed by atoms with E-state index in [1.807, 2.05) is 0 Å². The van der Waals surface area contributed by atoms with Crippen molar-refractivity contribution in [1.29, 1.82) is 0 Å². The summed E-state index contributed by atoms with van der Waals surface area (Å²) < 4.78 is 24.8. The van der Waals surface area contributed by atoms with Crippen molar-refractivity contribution in [2.24, 2.45) is 0 Å². The number of carbonyl (C=O) groups excluding carboxylic acids is 1. The first-order chi connectivity index (χ1) is 12.4. The zero-order valence-corrected chi connectivity index (χ0v) is 25.2. The molecule has 0 rings (SSSR count). The minimum absolute atomic E-state index is 0.00107. The lowest BCUT2D eigenvalue weighted by atomic mass is 10.4. The Bertz CT molecular complexity index is 543. The van der Waals surface area contributed by atoms with Crippen molar-refractivity contribution in [1.82, 2.24) is 0 Å². The van der Waals surface area contributed by atoms with E-state index in [4.69, 9.17) is 17.4 Å². The first-order valence-electron chi connectivity index (χ1n) is 10.1. The lowest BCUT2D eigenvalue weighted by molar-refractivity contribution is -0.145. The summed E-state index contributed by atoms with van der Waals surface area (Å²) >= 11 is 0. The minimum Gasteiger partial charge on any atom is -0.436 e. The van der Waals surface area contributed by atoms with E-state index < -0.39 is 47.3 Å². The molecule has 10 heteroatoms. The Balaban J connectivity index is 5.45. The lowest BCUT2D eigenvalue weighted by Crippen LogP contribution is -2.64. The predicted octanol–water partition coefficient (Wildman–Crippen LogP) is 5.58. The van der Waals surface area contributed by atoms with E-state index in [-0.39, 0.29) is 6.79 Å². The Labute approximate surface area is 179 Å². The van der Waals surface area contributed by atoms with Gasteiger partial charge in [-0.2, -0.15) is 0 Å². The smallest absolute Gasteiger partial charge is 0.362 e. The Morgan fingerprint density at radius 3 is 1.89 bits per heavy atom. The van der Waals surface area contributed by atoms with E-state index in [9.17, 15) is 4.79 Å². The van der Waals surface area contributed by atoms with E-state index in [0.29, 0.717) is 10.7 Å². The molecule has 0 aliphatic rings. The molecule has 1 unspecified atom stereocenters. The van der Waals surface area contributed by atoms with Crippen LogP contribution in [0.25, 0.3) is 0 Å². The first kappa shape index (κ1) is 28.2. The van der Waals surface area contributed by atoms with Crippen LogP contribution in [0, 0.1) is 0 Å². The van der Waals surface area contributed by atoms with Crippen LogP contribution in [0.5, 0.6) is 0 Å². The third-order valence-electron chi connectivity index (χ3n) is 5.58. The number of ether oxygens (including phenoxy) is 1. The van der Waals surface area contributed by atoms with Gasteiger partial charge in [0, 0.05) is 5.57 Å². The fraction of sp³-hybridized carbons (Fsp3) is 0.833. The highest BCUT2D eigenvalue weighted by Crippen LogP contribution is 2.36. The van der Waals surface area contributed by atoms with E-state index in [0.717, 1.165) is 6.04 Å². The van der Waals surface area contributed by atoms with E-state index in [1.54, 1.807) is 6.92 Å². The zero-order chi connectivity index (χ0) is 22.6. The fourth-order valence-corrected chi connectivity index (χ4v) is 23.1. The van der Waals surface area contributed by atoms with Crippen molar-refractivity contribution in [2.45, 2.75) is 90.9 Å². The molecule has 0 spiro atoms. The van der Waals surface area contributed by atoms with Gasteiger partial charge in [0.2, 0.25) is 0 Å². The van der Waals surface area contributed by atoms with E-state index in [1.165, 1.54) is 0 Å². The van der Waals surface area contributed by atoms with Crippen LogP contribution in [-0.4, -0.2) is 54.1 Å². The van der Waals surface area contributed by atoms with Crippen LogP contribution in [0.15, 0.2) is 12.2 Å². The Hall–Kier alpha value is 0.174. The highest BCUT2D eigenvalue weighted by molar-refractivity contribution is 7.40. The van der Waals surface area contributed by atoms with Gasteiger partial charge >= 0.3 is 15.3 Å². The Kier molecular flexibility index (Phi) is 10.5. The van der Waals surface area contributed by atoms with Crippen molar-refractivity contribution in [3.05, 3.63) is 12.2 Å². The summed E-state index contributed by atoms with van der Waals surface area (Å²) in [6.45, 7) is 30.3. The van der Waals surface area contributed by atoms with Crippen LogP contribution in [-0.2, 0) is 22.2 Å². The van der Waals surface area contributed by atoms with E-state index >= 15 is 0 Å². The van der Waals surface area contributed by atoms with Crippen LogP contribution in [0.2, 0.25) is 70.1 Å². The van der Waals surface area contributed by atoms with Crippen molar-refractivity contribution in [3.8, 4) is 0 Å². The van der Waals surface area contributed by atoms with Crippen LogP contribution >= 0.6 is 0 Å². The number of hydrogen-bond acceptors (Lipinski definition) is 5. The molecule has 5 nitrogen and oxygen atoms in total. The quantitative estimate of drug-likeness (QED) is 0.158. The second-order valence-electron chi connectivity index (χ2n) is 10.2. The summed E-state index contributed by atoms with van der Waals surface area (Å²) in [5.41, 5.74) is 0.391. The molecule has 0 fully saturated rings. The summed E-state index contributed by atoms with van der Waals surface area (Å²) in [7, 11) is -8.84. The average molecular weight is 480 g/mol. The van der Waals surface area contributed by atoms with Crippen molar-refractivity contribution >= 4 is 47.3 Å². The minimum atomic E-state index is -2.09. The van der Waals surface area contributed by atoms with Gasteiger partial charge in [0.1, 0.15) is 0 Å². The highest BCUT2D eigenvalue weighted by atomic mass is 29.3. The molecule has 28 heavy (non-hydrogen) atoms. The van der Waals surface area contributed by atoms with Gasteiger partial charge in [0.05, 0.1) is 7.59 Å². The molecule has 0 saturated carbocycles. The third kappa shape index (κ3) is 8.90. The summed E-state index contributed by atoms with van der Waals surface area (Å²) in [6, 6.07) is 1.08. The molecule has 0 N–H and O–H groups in total. The first-order valence-corrected chi connectivity index (χ1v) is 25.0. The molecule has 0 aromatic heterocycles. The summed E-state index contributed by atoms with van der Waals surface area (Å²) in [5.74, 6) is -0.400. The highest BCUT2D eigenvalue weighted by Gasteiger charge is 2.53. The monoisotopic (exact) mass is 479 g/mol. The van der Waals surface area contributed by atoms with Crippen molar-refractivity contribution in [3.63, 3.8) is 0 Å². The SMILES string of the molecule is C=C(C)C(=O)OCO[Si](C)(C)[Si](C)(C)C(C)[Si](O[Si](C)(C)C)O[Si](C)(C)CC. The van der Waals surface area contributed by atoms with Crippen LogP contribution in [0.4, 0.5) is 0 Å². The molecule has 0 saturated heterocycles.